The summed E-state index contributed by atoms with van der Waals surface area (Å²) in [4.78, 5) is 54.5. The van der Waals surface area contributed by atoms with Crippen LogP contribution in [0.15, 0.2) is 31.0 Å². The van der Waals surface area contributed by atoms with Crippen LogP contribution in [-0.4, -0.2) is 165 Å². The fourth-order valence-electron chi connectivity index (χ4n) is 4.09. The molecule has 1 aliphatic heterocycles. The van der Waals surface area contributed by atoms with E-state index in [1.54, 1.807) is 79.8 Å². The number of nitrogens with zero attached hydrogens (tertiary/aromatic N) is 18. The highest BCUT2D eigenvalue weighted by atomic mass is 79.9. The van der Waals surface area contributed by atoms with Crippen molar-refractivity contribution < 1.29 is 70.7 Å². The molecule has 4 unspecified atom stereocenters. The smallest absolute Gasteiger partial charge is 0.394 e. The van der Waals surface area contributed by atoms with Gasteiger partial charge in [0.25, 0.3) is 11.8 Å². The van der Waals surface area contributed by atoms with E-state index in [9.17, 15) is 29.1 Å². The molecule has 5 N–H and O–H groups in total. The van der Waals surface area contributed by atoms with Crippen molar-refractivity contribution in [2.75, 3.05) is 31.8 Å². The van der Waals surface area contributed by atoms with Crippen LogP contribution in [0.1, 0.15) is 71.5 Å². The molecule has 34 nitrogen and oxygen atoms in total. The normalized spacial score (nSPS) is 13.4. The van der Waals surface area contributed by atoms with E-state index in [0.717, 1.165) is 0 Å². The molecular formula is C34H46BrN19O15S. The first kappa shape index (κ1) is 62.1. The lowest BCUT2D eigenvalue weighted by Gasteiger charge is -2.19. The van der Waals surface area contributed by atoms with Gasteiger partial charge in [-0.15, -0.1) is 25.5 Å². The van der Waals surface area contributed by atoms with Crippen LogP contribution in [0.4, 0.5) is 0 Å². The van der Waals surface area contributed by atoms with Gasteiger partial charge in [0, 0.05) is 35.2 Å². The number of aromatic nitrogens is 15. The van der Waals surface area contributed by atoms with Gasteiger partial charge < -0.3 is 29.2 Å². The summed E-state index contributed by atoms with van der Waals surface area (Å²) in [5, 5.41) is 81.1. The van der Waals surface area contributed by atoms with Crippen molar-refractivity contribution in [3.8, 4) is 18.2 Å². The first-order valence-corrected chi connectivity index (χ1v) is 21.4. The average molecular weight is 1070 g/mol. The van der Waals surface area contributed by atoms with Gasteiger partial charge in [-0.25, -0.2) is 9.59 Å². The van der Waals surface area contributed by atoms with E-state index in [2.05, 4.69) is 77.5 Å². The molecule has 0 saturated carbocycles. The summed E-state index contributed by atoms with van der Waals surface area (Å²) in [7, 11) is 3.71. The van der Waals surface area contributed by atoms with Crippen LogP contribution < -0.4 is 5.32 Å². The van der Waals surface area contributed by atoms with Crippen LogP contribution >= 0.6 is 15.9 Å². The summed E-state index contributed by atoms with van der Waals surface area (Å²) < 4.78 is 58.3. The number of carbonyl (C=O) groups is 5. The molecule has 6 heterocycles. The number of esters is 2. The average Bonchev–Trinajstić information content (AvgIpc) is 4.18. The number of nitriles is 3. The number of imide groups is 1. The maximum Gasteiger partial charge on any atom is 0.394 e. The molecule has 0 aliphatic carbocycles. The van der Waals surface area contributed by atoms with E-state index in [1.165, 1.54) is 35.8 Å². The number of morpholine rings is 1. The minimum atomic E-state index is -4.67. The molecule has 0 radical (unpaired) electrons. The maximum absolute atomic E-state index is 11.5. The van der Waals surface area contributed by atoms with Gasteiger partial charge in [0.05, 0.1) is 61.7 Å². The number of aliphatic hydroxyl groups is 2. The number of carbonyl (C=O) groups excluding carboxylic acids is 5. The number of hydrogen-bond donors (Lipinski definition) is 5. The van der Waals surface area contributed by atoms with Gasteiger partial charge in [0.1, 0.15) is 47.8 Å². The number of rotatable bonds is 11. The van der Waals surface area contributed by atoms with Crippen LogP contribution in [0, 0.1) is 34.0 Å². The molecule has 380 valence electrons. The largest absolute Gasteiger partial charge is 0.464 e. The van der Waals surface area contributed by atoms with Crippen molar-refractivity contribution >= 4 is 56.4 Å². The Kier molecular flexibility index (Phi) is 29.8. The predicted octanol–water partition coefficient (Wildman–Crippen LogP) is -2.85. The number of ether oxygens (including phenoxy) is 4. The highest BCUT2D eigenvalue weighted by molar-refractivity contribution is 9.09. The Morgan fingerprint density at radius 3 is 1.63 bits per heavy atom. The molecule has 5 aromatic rings. The molecule has 36 heteroatoms. The minimum absolute atomic E-state index is 0.132. The molecule has 0 bridgehead atoms. The number of aldehydes is 1. The lowest BCUT2D eigenvalue weighted by atomic mass is 10.2. The highest BCUT2D eigenvalue weighted by Gasteiger charge is 2.31. The summed E-state index contributed by atoms with van der Waals surface area (Å²) in [6.07, 6.45) is 3.95. The number of aryl methyl sites for hydroxylation is 5. The van der Waals surface area contributed by atoms with Crippen molar-refractivity contribution in [1.82, 2.24) is 80.3 Å². The van der Waals surface area contributed by atoms with Crippen molar-refractivity contribution in [3.63, 3.8) is 0 Å². The number of aliphatic hydroxyl groups excluding tert-OH is 2. The zero-order chi connectivity index (χ0) is 53.4. The zero-order valence-electron chi connectivity index (χ0n) is 37.9. The predicted molar refractivity (Wildman–Crippen MR) is 229 cm³/mol. The molecule has 0 aromatic carbocycles. The van der Waals surface area contributed by atoms with Crippen LogP contribution in [0.2, 0.25) is 0 Å². The first-order valence-electron chi connectivity index (χ1n) is 18.9. The Balaban J connectivity index is 0.000000824. The Morgan fingerprint density at radius 2 is 1.26 bits per heavy atom. The summed E-state index contributed by atoms with van der Waals surface area (Å²) in [6.45, 7) is 3.49. The third-order valence-corrected chi connectivity index (χ3v) is 6.96. The van der Waals surface area contributed by atoms with Crippen molar-refractivity contribution in [2.24, 2.45) is 35.2 Å². The van der Waals surface area contributed by atoms with Crippen molar-refractivity contribution in [3.05, 3.63) is 59.5 Å². The van der Waals surface area contributed by atoms with Gasteiger partial charge in [-0.1, -0.05) is 42.0 Å². The molecular weight excluding hydrogens is 1030 g/mol. The van der Waals surface area contributed by atoms with E-state index < -0.39 is 58.6 Å². The number of alkyl halides is 1. The van der Waals surface area contributed by atoms with Gasteiger partial charge in [-0.05, 0) is 13.8 Å². The van der Waals surface area contributed by atoms with Crippen LogP contribution in [0.3, 0.4) is 0 Å². The molecule has 1 saturated heterocycles. The maximum atomic E-state index is 11.5. The summed E-state index contributed by atoms with van der Waals surface area (Å²) >= 11 is 2.89. The van der Waals surface area contributed by atoms with Gasteiger partial charge in [0.15, 0.2) is 24.6 Å². The minimum Gasteiger partial charge on any atom is -0.464 e. The van der Waals surface area contributed by atoms with Crippen LogP contribution in [0.25, 0.3) is 0 Å². The Labute approximate surface area is 405 Å². The van der Waals surface area contributed by atoms with Gasteiger partial charge in [0.2, 0.25) is 6.10 Å². The number of halogens is 1. The molecule has 5 aromatic heterocycles. The highest BCUT2D eigenvalue weighted by Crippen LogP contribution is 2.17. The third kappa shape index (κ3) is 26.4. The summed E-state index contributed by atoms with van der Waals surface area (Å²) in [6, 6.07) is 5.27. The van der Waals surface area contributed by atoms with Crippen molar-refractivity contribution in [2.45, 2.75) is 38.3 Å². The fraction of sp³-hybridized carbons (Fsp3) is 0.471. The SMILES string of the molecule is CCOC(=O)C(O)c1cn(C)nn1.CCOC(=O)C(OCC#N)c1cn(C)nn1.Cn1cc(C(O)C#N)nn1.Cn1cc(C2OCC(=O)NC2=O)nn1.Cn1cc(C=O)nn1.N#CCBr.O=S(=O)(O)O. The number of hydrogen-bond acceptors (Lipinski definition) is 26. The fourth-order valence-corrected chi connectivity index (χ4v) is 4.09. The monoisotopic (exact) mass is 1070 g/mol. The molecule has 0 spiro atoms. The van der Waals surface area contributed by atoms with E-state index in [1.807, 2.05) is 6.07 Å². The van der Waals surface area contributed by atoms with E-state index in [0.29, 0.717) is 28.7 Å². The van der Waals surface area contributed by atoms with Gasteiger partial charge in [-0.3, -0.25) is 52.2 Å². The Morgan fingerprint density at radius 1 is 0.800 bits per heavy atom. The van der Waals surface area contributed by atoms with Crippen LogP contribution in [0.5, 0.6) is 0 Å². The number of amides is 2. The van der Waals surface area contributed by atoms with E-state index >= 15 is 0 Å². The van der Waals surface area contributed by atoms with Crippen molar-refractivity contribution in [1.29, 1.82) is 15.8 Å². The molecule has 2 amide bonds. The lowest BCUT2D eigenvalue weighted by Crippen LogP contribution is -2.43. The lowest BCUT2D eigenvalue weighted by molar-refractivity contribution is -0.156. The summed E-state index contributed by atoms with van der Waals surface area (Å²) in [5.41, 5.74) is 1.58. The molecule has 4 atom stereocenters. The van der Waals surface area contributed by atoms with Gasteiger partial charge >= 0.3 is 22.3 Å². The van der Waals surface area contributed by atoms with Crippen LogP contribution in [-0.2, 0) is 83.8 Å². The quantitative estimate of drug-likeness (QED) is 0.0222. The second-order valence-corrected chi connectivity index (χ2v) is 13.8. The molecule has 1 aliphatic rings. The van der Waals surface area contributed by atoms with E-state index in [-0.39, 0.29) is 37.8 Å². The Hall–Kier alpha value is -7.89. The zero-order valence-corrected chi connectivity index (χ0v) is 40.3. The second kappa shape index (κ2) is 33.6. The summed E-state index contributed by atoms with van der Waals surface area (Å²) in [5.74, 6) is -2.21. The Bertz CT molecular complexity index is 2620. The standard InChI is InChI=1S/C9H12N4O3.C7H8N4O3.C7H11N3O3.C5H6N4O.C4H5N3O.C2H2BrN.H2O4S/c1-3-15-9(14)8(16-5-4-10)7-6-13(2)12-11-7;1-11-2-4(9-10-11)6-7(13)8-5(12)3-14-6;1-3-13-7(12)6(11)5-4-10(2)9-8-5;1-9-3-4(7-8-9)5(10)2-6;1-7-2-4(3-8)5-6-7;3-1-2-4;1-5(2,3)4/h6,8H,3,5H2,1-2H3;2,6H,3H2,1H3,(H,8,12,13);4,6,11H,3H2,1-2H3;3,5,10H,1H3;2-3H,1H3;1H2;(H2,1,2,3,4). The molecule has 70 heavy (non-hydrogen) atoms. The first-order chi connectivity index (χ1) is 33.0. The second-order valence-electron chi connectivity index (χ2n) is 12.3. The van der Waals surface area contributed by atoms with Gasteiger partial charge in [-0.2, -0.15) is 24.2 Å². The topological polar surface area (TPSA) is 474 Å². The van der Waals surface area contributed by atoms with E-state index in [4.69, 9.17) is 52.6 Å². The number of nitrogens with one attached hydrogen (secondary N) is 1. The molecule has 1 fully saturated rings. The molecule has 6 rings (SSSR count). The third-order valence-electron chi connectivity index (χ3n) is 6.71.